The number of pyridine rings is 1. The van der Waals surface area contributed by atoms with Crippen LogP contribution in [0.4, 0.5) is 24.8 Å². The standard InChI is InChI=1S/C33H33F3N8O/c1-20-8-9-24(31-42-40-19-43(31)2)25(12-20)22-15-29(38-11-4-3-10-37)41-30(16-22)44-18-27-26(32(44)45)13-21(14-28(27)33(34,35)36)17-39-23-6-5-7-23/h8-9,12-16,19,23,39H,3-7,11,17-18H2,1-2H3,(H,38,41). The molecule has 1 aliphatic carbocycles. The highest BCUT2D eigenvalue weighted by atomic mass is 19.4. The molecule has 0 radical (unpaired) electrons. The Hall–Kier alpha value is -4.76. The largest absolute Gasteiger partial charge is 0.416 e. The van der Waals surface area contributed by atoms with Crippen molar-refractivity contribution in [3.63, 3.8) is 0 Å². The zero-order valence-corrected chi connectivity index (χ0v) is 25.1. The number of nitriles is 1. The van der Waals surface area contributed by atoms with Gasteiger partial charge in [0.25, 0.3) is 5.91 Å². The Kier molecular flexibility index (Phi) is 8.29. The van der Waals surface area contributed by atoms with Gasteiger partial charge in [-0.25, -0.2) is 4.98 Å². The molecule has 2 aromatic carbocycles. The molecule has 1 amide bonds. The SMILES string of the molecule is Cc1ccc(-c2nncn2C)c(-c2cc(NCCCC#N)nc(N3Cc4c(cc(CNC5CCC5)cc4C(F)(F)F)C3=O)c2)c1. The van der Waals surface area contributed by atoms with E-state index < -0.39 is 17.6 Å². The van der Waals surface area contributed by atoms with Crippen molar-refractivity contribution in [2.75, 3.05) is 16.8 Å². The molecule has 12 heteroatoms. The molecule has 0 bridgehead atoms. The van der Waals surface area contributed by atoms with Gasteiger partial charge in [0.05, 0.1) is 18.2 Å². The van der Waals surface area contributed by atoms with Gasteiger partial charge in [-0.3, -0.25) is 9.69 Å². The average Bonchev–Trinajstić information content (AvgIpc) is 3.56. The second kappa shape index (κ2) is 12.3. The molecule has 4 aromatic rings. The molecule has 0 unspecified atom stereocenters. The predicted molar refractivity (Wildman–Crippen MR) is 164 cm³/mol. The number of carbonyl (C=O) groups excluding carboxylic acids is 1. The first kappa shape index (κ1) is 30.3. The minimum absolute atomic E-state index is 0.0429. The summed E-state index contributed by atoms with van der Waals surface area (Å²) in [5, 5.41) is 23.8. The van der Waals surface area contributed by atoms with Gasteiger partial charge in [-0.05, 0) is 72.7 Å². The minimum atomic E-state index is -4.62. The summed E-state index contributed by atoms with van der Waals surface area (Å²) in [4.78, 5) is 19.9. The van der Waals surface area contributed by atoms with Crippen molar-refractivity contribution < 1.29 is 18.0 Å². The van der Waals surface area contributed by atoms with Gasteiger partial charge in [0.15, 0.2) is 5.82 Å². The first-order valence-corrected chi connectivity index (χ1v) is 15.0. The smallest absolute Gasteiger partial charge is 0.370 e. The summed E-state index contributed by atoms with van der Waals surface area (Å²) < 4.78 is 44.8. The maximum absolute atomic E-state index is 14.3. The van der Waals surface area contributed by atoms with Crippen LogP contribution in [-0.2, 0) is 26.3 Å². The second-order valence-electron chi connectivity index (χ2n) is 11.7. The molecule has 232 valence electrons. The van der Waals surface area contributed by atoms with Crippen LogP contribution in [0.5, 0.6) is 0 Å². The fraction of sp³-hybridized carbons (Fsp3) is 0.364. The quantitative estimate of drug-likeness (QED) is 0.199. The lowest BCUT2D eigenvalue weighted by Gasteiger charge is -2.26. The number of hydrogen-bond donors (Lipinski definition) is 2. The van der Waals surface area contributed by atoms with Crippen LogP contribution in [-0.4, -0.2) is 38.2 Å². The number of hydrogen-bond acceptors (Lipinski definition) is 7. The van der Waals surface area contributed by atoms with Gasteiger partial charge >= 0.3 is 6.18 Å². The molecule has 2 aliphatic rings. The van der Waals surface area contributed by atoms with E-state index in [1.54, 1.807) is 23.0 Å². The van der Waals surface area contributed by atoms with Crippen LogP contribution in [0.3, 0.4) is 0 Å². The number of carbonyl (C=O) groups is 1. The molecular formula is C33H33F3N8O. The summed E-state index contributed by atoms with van der Waals surface area (Å²) in [7, 11) is 1.84. The molecule has 0 saturated heterocycles. The summed E-state index contributed by atoms with van der Waals surface area (Å²) in [6.07, 6.45) is 1.01. The van der Waals surface area contributed by atoms with Gasteiger partial charge in [0.1, 0.15) is 18.0 Å². The number of nitrogens with one attached hydrogen (secondary N) is 2. The average molecular weight is 615 g/mol. The highest BCUT2D eigenvalue weighted by Gasteiger charge is 2.41. The first-order chi connectivity index (χ1) is 21.6. The number of benzene rings is 2. The molecule has 2 N–H and O–H groups in total. The molecule has 0 atom stereocenters. The molecule has 1 aliphatic heterocycles. The van der Waals surface area contributed by atoms with Crippen LogP contribution >= 0.6 is 0 Å². The van der Waals surface area contributed by atoms with E-state index in [1.807, 2.05) is 38.2 Å². The normalized spacial score (nSPS) is 14.8. The summed E-state index contributed by atoms with van der Waals surface area (Å²) in [5.74, 6) is 0.772. The van der Waals surface area contributed by atoms with Crippen LogP contribution in [0.15, 0.2) is 48.8 Å². The third-order valence-electron chi connectivity index (χ3n) is 8.41. The van der Waals surface area contributed by atoms with Crippen LogP contribution < -0.4 is 15.5 Å². The molecular weight excluding hydrogens is 581 g/mol. The van der Waals surface area contributed by atoms with E-state index in [1.165, 1.54) is 4.90 Å². The highest BCUT2D eigenvalue weighted by Crippen LogP contribution is 2.41. The summed E-state index contributed by atoms with van der Waals surface area (Å²) in [5.41, 5.74) is 2.92. The van der Waals surface area contributed by atoms with Gasteiger partial charge < -0.3 is 15.2 Å². The van der Waals surface area contributed by atoms with Crippen molar-refractivity contribution in [3.8, 4) is 28.6 Å². The van der Waals surface area contributed by atoms with Gasteiger partial charge in [0, 0.05) is 43.7 Å². The number of anilines is 2. The second-order valence-corrected chi connectivity index (χ2v) is 11.7. The Bertz CT molecular complexity index is 1790. The maximum atomic E-state index is 14.3. The van der Waals surface area contributed by atoms with Crippen molar-refractivity contribution in [2.45, 2.75) is 64.3 Å². The Morgan fingerprint density at radius 3 is 2.60 bits per heavy atom. The summed E-state index contributed by atoms with van der Waals surface area (Å²) >= 11 is 0. The minimum Gasteiger partial charge on any atom is -0.370 e. The van der Waals surface area contributed by atoms with Crippen molar-refractivity contribution >= 4 is 17.5 Å². The van der Waals surface area contributed by atoms with E-state index in [0.29, 0.717) is 48.2 Å². The lowest BCUT2D eigenvalue weighted by atomic mass is 9.92. The number of halogens is 3. The predicted octanol–water partition coefficient (Wildman–Crippen LogP) is 6.39. The van der Waals surface area contributed by atoms with E-state index in [-0.39, 0.29) is 30.0 Å². The number of aryl methyl sites for hydroxylation is 2. The Labute approximate surface area is 259 Å². The van der Waals surface area contributed by atoms with Crippen LogP contribution in [0.25, 0.3) is 22.5 Å². The number of rotatable bonds is 10. The Morgan fingerprint density at radius 1 is 1.09 bits per heavy atom. The first-order valence-electron chi connectivity index (χ1n) is 15.0. The molecule has 6 rings (SSSR count). The van der Waals surface area contributed by atoms with E-state index in [0.717, 1.165) is 42.0 Å². The zero-order valence-electron chi connectivity index (χ0n) is 25.1. The number of fused-ring (bicyclic) bond motifs is 1. The molecule has 9 nitrogen and oxygen atoms in total. The van der Waals surface area contributed by atoms with Crippen LogP contribution in [0.1, 0.15) is 64.7 Å². The zero-order chi connectivity index (χ0) is 31.7. The Morgan fingerprint density at radius 2 is 1.91 bits per heavy atom. The number of amides is 1. The molecule has 45 heavy (non-hydrogen) atoms. The van der Waals surface area contributed by atoms with Gasteiger partial charge in [0.2, 0.25) is 0 Å². The van der Waals surface area contributed by atoms with E-state index in [4.69, 9.17) is 5.26 Å². The maximum Gasteiger partial charge on any atom is 0.416 e. The number of nitrogens with zero attached hydrogens (tertiary/aromatic N) is 6. The lowest BCUT2D eigenvalue weighted by molar-refractivity contribution is -0.138. The molecule has 1 fully saturated rings. The third-order valence-corrected chi connectivity index (χ3v) is 8.41. The molecule has 2 aromatic heterocycles. The van der Waals surface area contributed by atoms with Crippen molar-refractivity contribution in [3.05, 3.63) is 76.6 Å². The molecule has 0 spiro atoms. The van der Waals surface area contributed by atoms with E-state index in [9.17, 15) is 18.0 Å². The van der Waals surface area contributed by atoms with E-state index >= 15 is 0 Å². The number of aromatic nitrogens is 4. The summed E-state index contributed by atoms with van der Waals surface area (Å²) in [6.45, 7) is 2.42. The van der Waals surface area contributed by atoms with Gasteiger partial charge in [-0.15, -0.1) is 10.2 Å². The van der Waals surface area contributed by atoms with Crippen LogP contribution in [0.2, 0.25) is 0 Å². The molecule has 3 heterocycles. The van der Waals surface area contributed by atoms with Crippen LogP contribution in [0, 0.1) is 18.3 Å². The number of alkyl halides is 3. The van der Waals surface area contributed by atoms with Gasteiger partial charge in [-0.1, -0.05) is 30.2 Å². The fourth-order valence-electron chi connectivity index (χ4n) is 5.79. The van der Waals surface area contributed by atoms with Gasteiger partial charge in [-0.2, -0.15) is 18.4 Å². The topological polar surface area (TPSA) is 112 Å². The number of unbranched alkanes of at least 4 members (excludes halogenated alkanes) is 1. The van der Waals surface area contributed by atoms with Crippen molar-refractivity contribution in [1.82, 2.24) is 25.1 Å². The van der Waals surface area contributed by atoms with E-state index in [2.05, 4.69) is 31.9 Å². The third kappa shape index (κ3) is 6.26. The summed E-state index contributed by atoms with van der Waals surface area (Å²) in [6, 6.07) is 14.6. The van der Waals surface area contributed by atoms with Crippen molar-refractivity contribution in [1.29, 1.82) is 5.26 Å². The highest BCUT2D eigenvalue weighted by molar-refractivity contribution is 6.10. The lowest BCUT2D eigenvalue weighted by Crippen LogP contribution is -2.34. The molecule has 1 saturated carbocycles. The van der Waals surface area contributed by atoms with Crippen molar-refractivity contribution in [2.24, 2.45) is 7.05 Å². The monoisotopic (exact) mass is 614 g/mol. The fourth-order valence-corrected chi connectivity index (χ4v) is 5.79. The Balaban J connectivity index is 1.42.